The Labute approximate surface area is 105 Å². The van der Waals surface area contributed by atoms with E-state index >= 15 is 0 Å². The van der Waals surface area contributed by atoms with E-state index in [-0.39, 0.29) is 6.04 Å². The zero-order valence-corrected chi connectivity index (χ0v) is 10.2. The lowest BCUT2D eigenvalue weighted by Crippen LogP contribution is -2.09. The molecule has 3 aromatic rings. The lowest BCUT2D eigenvalue weighted by atomic mass is 10.1. The quantitative estimate of drug-likeness (QED) is 0.720. The molecule has 0 saturated heterocycles. The largest absolute Gasteiger partial charge is 0.320 e. The Hall–Kier alpha value is -1.64. The Balaban J connectivity index is 2.04. The molecule has 0 saturated carbocycles. The fourth-order valence-corrected chi connectivity index (χ4v) is 3.07. The Kier molecular flexibility index (Phi) is 2.67. The second-order valence-corrected chi connectivity index (χ2v) is 5.19. The summed E-state index contributed by atoms with van der Waals surface area (Å²) in [5, 5.41) is 1.28. The number of thiophene rings is 1. The van der Waals surface area contributed by atoms with E-state index in [2.05, 4.69) is 42.5 Å². The summed E-state index contributed by atoms with van der Waals surface area (Å²) in [6, 6.07) is 20.8. The monoisotopic (exact) mass is 239 g/mol. The van der Waals surface area contributed by atoms with Gasteiger partial charge in [0.05, 0.1) is 6.04 Å². The summed E-state index contributed by atoms with van der Waals surface area (Å²) < 4.78 is 1.30. The molecule has 0 aliphatic rings. The van der Waals surface area contributed by atoms with Crippen molar-refractivity contribution in [2.45, 2.75) is 6.04 Å². The summed E-state index contributed by atoms with van der Waals surface area (Å²) in [6.07, 6.45) is 0. The minimum Gasteiger partial charge on any atom is -0.320 e. The molecule has 3 rings (SSSR count). The molecule has 1 heterocycles. The molecule has 0 amide bonds. The van der Waals surface area contributed by atoms with Crippen molar-refractivity contribution in [2.75, 3.05) is 0 Å². The van der Waals surface area contributed by atoms with Gasteiger partial charge in [0.25, 0.3) is 0 Å². The maximum Gasteiger partial charge on any atom is 0.0646 e. The van der Waals surface area contributed by atoms with Gasteiger partial charge in [-0.2, -0.15) is 0 Å². The van der Waals surface area contributed by atoms with Crippen LogP contribution < -0.4 is 5.73 Å². The van der Waals surface area contributed by atoms with E-state index in [1.54, 1.807) is 11.3 Å². The smallest absolute Gasteiger partial charge is 0.0646 e. The number of hydrogen-bond donors (Lipinski definition) is 1. The molecule has 0 radical (unpaired) electrons. The van der Waals surface area contributed by atoms with E-state index in [0.717, 1.165) is 0 Å². The average Bonchev–Trinajstić information content (AvgIpc) is 2.82. The minimum atomic E-state index is -0.0198. The zero-order chi connectivity index (χ0) is 11.7. The second kappa shape index (κ2) is 4.32. The molecule has 84 valence electrons. The van der Waals surface area contributed by atoms with Crippen molar-refractivity contribution in [1.82, 2.24) is 0 Å². The summed E-state index contributed by atoms with van der Waals surface area (Å²) >= 11 is 1.78. The first-order valence-electron chi connectivity index (χ1n) is 5.63. The summed E-state index contributed by atoms with van der Waals surface area (Å²) in [7, 11) is 0. The van der Waals surface area contributed by atoms with Crippen LogP contribution in [0.1, 0.15) is 16.5 Å². The molecule has 1 atom stereocenters. The number of benzene rings is 2. The molecular formula is C15H13NS. The minimum absolute atomic E-state index is 0.0198. The van der Waals surface area contributed by atoms with Crippen LogP contribution in [0.25, 0.3) is 10.1 Å². The van der Waals surface area contributed by atoms with E-state index in [4.69, 9.17) is 5.73 Å². The fraction of sp³-hybridized carbons (Fsp3) is 0.0667. The predicted octanol–water partition coefficient (Wildman–Crippen LogP) is 3.95. The summed E-state index contributed by atoms with van der Waals surface area (Å²) in [4.78, 5) is 1.22. The normalized spacial score (nSPS) is 12.8. The molecule has 0 aliphatic heterocycles. The molecule has 1 unspecified atom stereocenters. The highest BCUT2D eigenvalue weighted by Gasteiger charge is 2.11. The highest BCUT2D eigenvalue weighted by molar-refractivity contribution is 7.19. The lowest BCUT2D eigenvalue weighted by Gasteiger charge is -2.08. The van der Waals surface area contributed by atoms with Crippen molar-refractivity contribution in [3.05, 3.63) is 71.1 Å². The molecule has 0 aliphatic carbocycles. The maximum absolute atomic E-state index is 6.29. The highest BCUT2D eigenvalue weighted by atomic mass is 32.1. The number of rotatable bonds is 2. The zero-order valence-electron chi connectivity index (χ0n) is 9.34. The van der Waals surface area contributed by atoms with Gasteiger partial charge in [-0.1, -0.05) is 48.5 Å². The number of nitrogens with two attached hydrogens (primary N) is 1. The molecule has 17 heavy (non-hydrogen) atoms. The van der Waals surface area contributed by atoms with Crippen LogP contribution in [0.5, 0.6) is 0 Å². The van der Waals surface area contributed by atoms with E-state index in [1.807, 2.05) is 18.2 Å². The molecule has 2 aromatic carbocycles. The molecule has 0 bridgehead atoms. The van der Waals surface area contributed by atoms with Crippen LogP contribution in [-0.2, 0) is 0 Å². The van der Waals surface area contributed by atoms with Gasteiger partial charge in [-0.15, -0.1) is 11.3 Å². The molecule has 1 nitrogen and oxygen atoms in total. The molecule has 0 spiro atoms. The van der Waals surface area contributed by atoms with Gasteiger partial charge in [0.2, 0.25) is 0 Å². The first kappa shape index (κ1) is 10.5. The van der Waals surface area contributed by atoms with Crippen molar-refractivity contribution < 1.29 is 0 Å². The molecule has 2 N–H and O–H groups in total. The molecule has 1 aromatic heterocycles. The third-order valence-electron chi connectivity index (χ3n) is 2.91. The average molecular weight is 239 g/mol. The third-order valence-corrected chi connectivity index (χ3v) is 4.11. The van der Waals surface area contributed by atoms with Gasteiger partial charge in [-0.25, -0.2) is 0 Å². The van der Waals surface area contributed by atoms with E-state index in [1.165, 1.54) is 20.5 Å². The van der Waals surface area contributed by atoms with Crippen LogP contribution in [0, 0.1) is 0 Å². The summed E-state index contributed by atoms with van der Waals surface area (Å²) in [6.45, 7) is 0. The van der Waals surface area contributed by atoms with Crippen molar-refractivity contribution in [1.29, 1.82) is 0 Å². The SMILES string of the molecule is NC(c1ccccc1)c1cc2ccccc2s1. The van der Waals surface area contributed by atoms with Crippen molar-refractivity contribution >= 4 is 21.4 Å². The fourth-order valence-electron chi connectivity index (χ4n) is 1.98. The van der Waals surface area contributed by atoms with Gasteiger partial charge < -0.3 is 5.73 Å². The Bertz CT molecular complexity index is 594. The summed E-state index contributed by atoms with van der Waals surface area (Å²) in [5.41, 5.74) is 7.46. The Morgan fingerprint density at radius 2 is 1.59 bits per heavy atom. The van der Waals surface area contributed by atoms with E-state index in [9.17, 15) is 0 Å². The molecular weight excluding hydrogens is 226 g/mol. The van der Waals surface area contributed by atoms with Crippen LogP contribution in [0.3, 0.4) is 0 Å². The van der Waals surface area contributed by atoms with Gasteiger partial charge in [0, 0.05) is 9.58 Å². The van der Waals surface area contributed by atoms with Gasteiger partial charge in [-0.3, -0.25) is 0 Å². The van der Waals surface area contributed by atoms with Crippen molar-refractivity contribution in [3.8, 4) is 0 Å². The van der Waals surface area contributed by atoms with Gasteiger partial charge >= 0.3 is 0 Å². The van der Waals surface area contributed by atoms with Gasteiger partial charge in [0.15, 0.2) is 0 Å². The number of fused-ring (bicyclic) bond motifs is 1. The lowest BCUT2D eigenvalue weighted by molar-refractivity contribution is 0.894. The van der Waals surface area contributed by atoms with Crippen LogP contribution in [0.4, 0.5) is 0 Å². The first-order valence-corrected chi connectivity index (χ1v) is 6.45. The Morgan fingerprint density at radius 1 is 0.882 bits per heavy atom. The molecule has 0 fully saturated rings. The van der Waals surface area contributed by atoms with Crippen molar-refractivity contribution in [2.24, 2.45) is 5.73 Å². The van der Waals surface area contributed by atoms with Gasteiger partial charge in [-0.05, 0) is 23.1 Å². The highest BCUT2D eigenvalue weighted by Crippen LogP contribution is 2.31. The topological polar surface area (TPSA) is 26.0 Å². The van der Waals surface area contributed by atoms with Crippen LogP contribution in [-0.4, -0.2) is 0 Å². The van der Waals surface area contributed by atoms with Crippen LogP contribution in [0.2, 0.25) is 0 Å². The maximum atomic E-state index is 6.29. The summed E-state index contributed by atoms with van der Waals surface area (Å²) in [5.74, 6) is 0. The van der Waals surface area contributed by atoms with Gasteiger partial charge in [0.1, 0.15) is 0 Å². The van der Waals surface area contributed by atoms with Crippen LogP contribution >= 0.6 is 11.3 Å². The predicted molar refractivity (Wildman–Crippen MR) is 74.3 cm³/mol. The number of hydrogen-bond acceptors (Lipinski definition) is 2. The van der Waals surface area contributed by atoms with E-state index < -0.39 is 0 Å². The molecule has 2 heteroatoms. The van der Waals surface area contributed by atoms with Crippen molar-refractivity contribution in [3.63, 3.8) is 0 Å². The standard InChI is InChI=1S/C15H13NS/c16-15(11-6-2-1-3-7-11)14-10-12-8-4-5-9-13(12)17-14/h1-10,15H,16H2. The third kappa shape index (κ3) is 1.97. The van der Waals surface area contributed by atoms with Crippen LogP contribution in [0.15, 0.2) is 60.7 Å². The van der Waals surface area contributed by atoms with E-state index in [0.29, 0.717) is 0 Å². The first-order chi connectivity index (χ1) is 8.34. The second-order valence-electron chi connectivity index (χ2n) is 4.07. The Morgan fingerprint density at radius 3 is 2.35 bits per heavy atom.